The van der Waals surface area contributed by atoms with Crippen LogP contribution < -0.4 is 0 Å². The molecule has 0 aromatic carbocycles. The molecule has 0 bridgehead atoms. The number of carbonyl (C=O) groups excluding carboxylic acids is 2. The summed E-state index contributed by atoms with van der Waals surface area (Å²) in [6.07, 6.45) is 2.87. The quantitative estimate of drug-likeness (QED) is 0.162. The largest absolute Gasteiger partial charge is 0.468 e. The van der Waals surface area contributed by atoms with Gasteiger partial charge in [0, 0.05) is 24.7 Å². The normalized spacial score (nSPS) is 17.0. The molecule has 0 fully saturated rings. The Morgan fingerprint density at radius 1 is 0.758 bits per heavy atom. The fraction of sp³-hybridized carbons (Fsp3) is 0.545. The Balaban J connectivity index is 6.78. The number of hydrogen-bond donors (Lipinski definition) is 0. The van der Waals surface area contributed by atoms with E-state index in [0.717, 1.165) is 11.6 Å². The van der Waals surface area contributed by atoms with Gasteiger partial charge in [0.25, 0.3) is 0 Å². The van der Waals surface area contributed by atoms with Crippen LogP contribution in [0.15, 0.2) is 50.1 Å². The Labute approximate surface area is 198 Å². The first kappa shape index (κ1) is 31.2. The van der Waals surface area contributed by atoms with Crippen molar-refractivity contribution in [2.75, 3.05) is 27.3 Å². The Kier molecular flexibility index (Phi) is 13.1. The van der Waals surface area contributed by atoms with Gasteiger partial charge in [-0.3, -0.25) is 18.7 Å². The molecule has 11 heteroatoms. The van der Waals surface area contributed by atoms with Gasteiger partial charge in [-0.1, -0.05) is 53.0 Å². The van der Waals surface area contributed by atoms with Crippen molar-refractivity contribution >= 4 is 27.0 Å². The highest BCUT2D eigenvalue weighted by Gasteiger charge is 2.48. The van der Waals surface area contributed by atoms with Gasteiger partial charge in [0.2, 0.25) is 0 Å². The lowest BCUT2D eigenvalue weighted by Gasteiger charge is -2.40. The summed E-state index contributed by atoms with van der Waals surface area (Å²) in [5, 5.41) is 0. The van der Waals surface area contributed by atoms with Crippen LogP contribution >= 0.6 is 15.0 Å². The SMILES string of the molecule is C=CCN([C@H](C(=O)OC)C(C)C)[P@@](=O)(C=C)O[P@@](=O)(C=C)N(CC=C)[C@H](C(=O)OC)C(C)C. The van der Waals surface area contributed by atoms with E-state index in [0.29, 0.717) is 0 Å². The molecule has 0 rings (SSSR count). The van der Waals surface area contributed by atoms with Crippen molar-refractivity contribution in [1.82, 2.24) is 9.34 Å². The van der Waals surface area contributed by atoms with E-state index < -0.39 is 39.1 Å². The van der Waals surface area contributed by atoms with Crippen molar-refractivity contribution in [1.29, 1.82) is 0 Å². The van der Waals surface area contributed by atoms with Crippen LogP contribution in [0.25, 0.3) is 0 Å². The molecular formula is C22H38N2O7P2. The van der Waals surface area contributed by atoms with E-state index in [1.807, 2.05) is 0 Å². The molecule has 0 unspecified atom stereocenters. The van der Waals surface area contributed by atoms with Crippen molar-refractivity contribution in [3.8, 4) is 0 Å². The lowest BCUT2D eigenvalue weighted by Crippen LogP contribution is -2.45. The second kappa shape index (κ2) is 13.8. The average Bonchev–Trinajstić information content (AvgIpc) is 2.77. The van der Waals surface area contributed by atoms with Crippen LogP contribution in [0.5, 0.6) is 0 Å². The molecule has 0 aromatic rings. The van der Waals surface area contributed by atoms with Crippen LogP contribution in [0.2, 0.25) is 0 Å². The summed E-state index contributed by atoms with van der Waals surface area (Å²) in [6, 6.07) is -2.02. The third-order valence-electron chi connectivity index (χ3n) is 4.83. The van der Waals surface area contributed by atoms with Gasteiger partial charge in [0.05, 0.1) is 14.2 Å². The smallest absolute Gasteiger partial charge is 0.323 e. The van der Waals surface area contributed by atoms with Gasteiger partial charge in [-0.2, -0.15) is 0 Å². The first-order chi connectivity index (χ1) is 15.3. The van der Waals surface area contributed by atoms with E-state index in [1.54, 1.807) is 27.7 Å². The molecule has 0 N–H and O–H groups in total. The minimum Gasteiger partial charge on any atom is -0.468 e. The predicted molar refractivity (Wildman–Crippen MR) is 132 cm³/mol. The molecule has 0 spiro atoms. The van der Waals surface area contributed by atoms with Gasteiger partial charge in [0.1, 0.15) is 12.1 Å². The Morgan fingerprint density at radius 2 is 1.06 bits per heavy atom. The second-order valence-corrected chi connectivity index (χ2v) is 12.5. The van der Waals surface area contributed by atoms with E-state index in [-0.39, 0.29) is 24.9 Å². The average molecular weight is 505 g/mol. The molecule has 0 amide bonds. The fourth-order valence-electron chi connectivity index (χ4n) is 3.32. The molecule has 0 aromatic heterocycles. The monoisotopic (exact) mass is 504 g/mol. The van der Waals surface area contributed by atoms with Gasteiger partial charge in [-0.25, -0.2) is 13.7 Å². The zero-order valence-electron chi connectivity index (χ0n) is 20.5. The van der Waals surface area contributed by atoms with Crippen molar-refractivity contribution in [2.45, 2.75) is 39.8 Å². The number of ether oxygens (including phenoxy) is 2. The summed E-state index contributed by atoms with van der Waals surface area (Å²) in [5.74, 6) is 0.0338. The van der Waals surface area contributed by atoms with Crippen LogP contribution in [0.3, 0.4) is 0 Å². The third kappa shape index (κ3) is 7.62. The maximum Gasteiger partial charge on any atom is 0.323 e. The highest BCUT2D eigenvalue weighted by Crippen LogP contribution is 2.69. The lowest BCUT2D eigenvalue weighted by molar-refractivity contribution is -0.147. The summed E-state index contributed by atoms with van der Waals surface area (Å²) in [5.41, 5.74) is 0. The number of methoxy groups -OCH3 is 2. The van der Waals surface area contributed by atoms with E-state index in [2.05, 4.69) is 26.3 Å². The van der Waals surface area contributed by atoms with Crippen LogP contribution in [0.4, 0.5) is 0 Å². The van der Waals surface area contributed by atoms with Crippen LogP contribution in [-0.4, -0.2) is 60.7 Å². The maximum absolute atomic E-state index is 14.1. The van der Waals surface area contributed by atoms with Crippen LogP contribution in [-0.2, 0) is 32.5 Å². The number of nitrogens with zero attached hydrogens (tertiary/aromatic N) is 2. The Bertz CT molecular complexity index is 760. The second-order valence-electron chi connectivity index (χ2n) is 7.82. The first-order valence-electron chi connectivity index (χ1n) is 10.4. The molecule has 0 saturated heterocycles. The molecule has 0 saturated carbocycles. The minimum absolute atomic E-state index is 0.0511. The summed E-state index contributed by atoms with van der Waals surface area (Å²) in [6.45, 7) is 21.4. The fourth-order valence-corrected chi connectivity index (χ4v) is 8.47. The summed E-state index contributed by atoms with van der Waals surface area (Å²) in [4.78, 5) is 25.1. The molecule has 188 valence electrons. The Hall–Kier alpha value is -1.76. The van der Waals surface area contributed by atoms with E-state index >= 15 is 0 Å². The molecule has 0 heterocycles. The molecule has 0 aliphatic rings. The highest BCUT2D eigenvalue weighted by molar-refractivity contribution is 7.72. The van der Waals surface area contributed by atoms with Crippen molar-refractivity contribution < 1.29 is 32.5 Å². The summed E-state index contributed by atoms with van der Waals surface area (Å²) >= 11 is 0. The van der Waals surface area contributed by atoms with Crippen molar-refractivity contribution in [3.05, 3.63) is 50.1 Å². The molecular weight excluding hydrogens is 466 g/mol. The van der Waals surface area contributed by atoms with Gasteiger partial charge >= 0.3 is 27.0 Å². The highest BCUT2D eigenvalue weighted by atomic mass is 31.2. The zero-order chi connectivity index (χ0) is 26.0. The third-order valence-corrected chi connectivity index (χ3v) is 9.89. The minimum atomic E-state index is -4.17. The zero-order valence-corrected chi connectivity index (χ0v) is 22.3. The maximum atomic E-state index is 14.1. The molecule has 0 radical (unpaired) electrons. The van der Waals surface area contributed by atoms with E-state index in [1.165, 1.54) is 35.7 Å². The van der Waals surface area contributed by atoms with Gasteiger partial charge in [-0.05, 0) is 11.8 Å². The molecule has 0 aliphatic heterocycles. The van der Waals surface area contributed by atoms with E-state index in [9.17, 15) is 18.7 Å². The molecule has 9 nitrogen and oxygen atoms in total. The van der Waals surface area contributed by atoms with Gasteiger partial charge in [-0.15, -0.1) is 13.2 Å². The lowest BCUT2D eigenvalue weighted by atomic mass is 10.0. The number of esters is 2. The first-order valence-corrected chi connectivity index (χ1v) is 13.7. The summed E-state index contributed by atoms with van der Waals surface area (Å²) < 4.78 is 46.3. The molecule has 33 heavy (non-hydrogen) atoms. The van der Waals surface area contributed by atoms with Crippen LogP contribution in [0.1, 0.15) is 27.7 Å². The van der Waals surface area contributed by atoms with Gasteiger partial charge < -0.3 is 9.47 Å². The predicted octanol–water partition coefficient (Wildman–Crippen LogP) is 5.05. The van der Waals surface area contributed by atoms with Crippen LogP contribution in [0, 0.1) is 11.8 Å². The van der Waals surface area contributed by atoms with Gasteiger partial charge in [0.15, 0.2) is 0 Å². The van der Waals surface area contributed by atoms with Crippen molar-refractivity contribution in [2.24, 2.45) is 11.8 Å². The van der Waals surface area contributed by atoms with E-state index in [4.69, 9.17) is 13.8 Å². The number of hydrogen-bond acceptors (Lipinski definition) is 7. The van der Waals surface area contributed by atoms with Crippen molar-refractivity contribution in [3.63, 3.8) is 0 Å². The number of carbonyl (C=O) groups is 2. The Morgan fingerprint density at radius 3 is 1.24 bits per heavy atom. The standard InChI is InChI=1S/C22H38N2O7P2/c1-11-15-23(19(17(5)6)21(25)29-9)32(27,13-3)31-33(28,14-4)24(16-12-2)20(18(7)8)22(26)30-10/h11-14,17-20H,1-4,15-16H2,5-10H3/t19-,20-,32-,33+/m0/s1. The molecule has 0 aliphatic carbocycles. The molecule has 4 atom stereocenters. The topological polar surface area (TPSA) is 102 Å². The number of rotatable bonds is 16. The summed E-state index contributed by atoms with van der Waals surface area (Å²) in [7, 11) is -5.90.